The second-order valence-corrected chi connectivity index (χ2v) is 3.86. The number of aliphatic carboxylic acids is 1. The number of aromatic nitrogens is 2. The average Bonchev–Trinajstić information content (AvgIpc) is 2.19. The van der Waals surface area contributed by atoms with Gasteiger partial charge in [-0.3, -0.25) is 9.59 Å². The molecule has 1 aromatic rings. The maximum Gasteiger partial charge on any atom is 0.306 e. The molecular formula is C10H12N2O3. The fourth-order valence-electron chi connectivity index (χ4n) is 1.90. The van der Waals surface area contributed by atoms with Gasteiger partial charge in [-0.05, 0) is 24.8 Å². The standard InChI is InChI=1S/C10H12N2O3/c1-12-9(13)5-7-4-6(10(14)15)2-3-8(7)11-12/h5-6H,2-4H2,1H3,(H,14,15)/t6-/m0/s1. The highest BCUT2D eigenvalue weighted by Gasteiger charge is 2.25. The molecule has 2 rings (SSSR count). The van der Waals surface area contributed by atoms with Crippen LogP contribution >= 0.6 is 0 Å². The molecule has 0 fully saturated rings. The van der Waals surface area contributed by atoms with Crippen LogP contribution in [0.5, 0.6) is 0 Å². The van der Waals surface area contributed by atoms with Crippen molar-refractivity contribution in [1.82, 2.24) is 9.78 Å². The molecule has 0 saturated heterocycles. The minimum Gasteiger partial charge on any atom is -0.481 e. The van der Waals surface area contributed by atoms with Crippen LogP contribution in [0.1, 0.15) is 17.7 Å². The molecule has 1 heterocycles. The Morgan fingerprint density at radius 3 is 3.07 bits per heavy atom. The highest BCUT2D eigenvalue weighted by molar-refractivity contribution is 5.70. The van der Waals surface area contributed by atoms with E-state index < -0.39 is 5.97 Å². The first-order valence-corrected chi connectivity index (χ1v) is 4.87. The van der Waals surface area contributed by atoms with Gasteiger partial charge in [0.1, 0.15) is 0 Å². The lowest BCUT2D eigenvalue weighted by Gasteiger charge is -2.20. The summed E-state index contributed by atoms with van der Waals surface area (Å²) in [7, 11) is 1.60. The van der Waals surface area contributed by atoms with Gasteiger partial charge in [-0.1, -0.05) is 0 Å². The van der Waals surface area contributed by atoms with E-state index in [-0.39, 0.29) is 11.5 Å². The molecule has 0 amide bonds. The zero-order chi connectivity index (χ0) is 11.0. The number of hydrogen-bond acceptors (Lipinski definition) is 3. The minimum atomic E-state index is -0.790. The molecule has 0 unspecified atom stereocenters. The quantitative estimate of drug-likeness (QED) is 0.703. The average molecular weight is 208 g/mol. The van der Waals surface area contributed by atoms with Gasteiger partial charge in [0.2, 0.25) is 0 Å². The van der Waals surface area contributed by atoms with E-state index >= 15 is 0 Å². The first-order valence-electron chi connectivity index (χ1n) is 4.87. The maximum atomic E-state index is 11.3. The number of aryl methyl sites for hydroxylation is 2. The van der Waals surface area contributed by atoms with E-state index in [0.29, 0.717) is 19.3 Å². The first-order chi connectivity index (χ1) is 7.08. The fourth-order valence-corrected chi connectivity index (χ4v) is 1.90. The van der Waals surface area contributed by atoms with Crippen LogP contribution in [-0.2, 0) is 24.7 Å². The number of fused-ring (bicyclic) bond motifs is 1. The van der Waals surface area contributed by atoms with E-state index in [1.165, 1.54) is 10.7 Å². The van der Waals surface area contributed by atoms with Crippen LogP contribution in [0.2, 0.25) is 0 Å². The molecule has 0 spiro atoms. The van der Waals surface area contributed by atoms with E-state index in [1.807, 2.05) is 0 Å². The Labute approximate surface area is 86.4 Å². The van der Waals surface area contributed by atoms with Crippen molar-refractivity contribution in [2.45, 2.75) is 19.3 Å². The monoisotopic (exact) mass is 208 g/mol. The third kappa shape index (κ3) is 1.77. The second-order valence-electron chi connectivity index (χ2n) is 3.86. The van der Waals surface area contributed by atoms with Crippen LogP contribution in [-0.4, -0.2) is 20.9 Å². The summed E-state index contributed by atoms with van der Waals surface area (Å²) in [6.07, 6.45) is 1.67. The van der Waals surface area contributed by atoms with Gasteiger partial charge in [0.25, 0.3) is 5.56 Å². The molecule has 0 aromatic carbocycles. The van der Waals surface area contributed by atoms with Gasteiger partial charge in [0.05, 0.1) is 11.6 Å². The van der Waals surface area contributed by atoms with Gasteiger partial charge < -0.3 is 5.11 Å². The molecule has 1 aliphatic carbocycles. The molecule has 1 aromatic heterocycles. The number of hydrogen-bond donors (Lipinski definition) is 1. The number of carbonyl (C=O) groups is 1. The Kier molecular flexibility index (Phi) is 2.30. The maximum absolute atomic E-state index is 11.3. The van der Waals surface area contributed by atoms with Gasteiger partial charge in [-0.2, -0.15) is 5.10 Å². The summed E-state index contributed by atoms with van der Waals surface area (Å²) in [5.41, 5.74) is 1.46. The molecule has 0 saturated carbocycles. The minimum absolute atomic E-state index is 0.181. The lowest BCUT2D eigenvalue weighted by Crippen LogP contribution is -2.28. The second kappa shape index (κ2) is 3.49. The number of rotatable bonds is 1. The summed E-state index contributed by atoms with van der Waals surface area (Å²) in [6, 6.07) is 1.50. The van der Waals surface area contributed by atoms with Crippen LogP contribution in [0, 0.1) is 5.92 Å². The number of carboxylic acid groups (broad SMARTS) is 1. The summed E-state index contributed by atoms with van der Waals surface area (Å²) >= 11 is 0. The predicted octanol–water partition coefficient (Wildman–Crippen LogP) is -0.0302. The van der Waals surface area contributed by atoms with Crippen LogP contribution in [0.4, 0.5) is 0 Å². The largest absolute Gasteiger partial charge is 0.481 e. The summed E-state index contributed by atoms with van der Waals surface area (Å²) in [5.74, 6) is -1.16. The SMILES string of the molecule is Cn1nc2c(cc1=O)C[C@@H](C(=O)O)CC2. The molecule has 80 valence electrons. The lowest BCUT2D eigenvalue weighted by molar-refractivity contribution is -0.142. The highest BCUT2D eigenvalue weighted by Crippen LogP contribution is 2.22. The molecular weight excluding hydrogens is 196 g/mol. The van der Waals surface area contributed by atoms with Gasteiger partial charge in [0.15, 0.2) is 0 Å². The van der Waals surface area contributed by atoms with E-state index in [2.05, 4.69) is 5.10 Å². The molecule has 15 heavy (non-hydrogen) atoms. The van der Waals surface area contributed by atoms with Crippen LogP contribution in [0.25, 0.3) is 0 Å². The van der Waals surface area contributed by atoms with Crippen LogP contribution in [0.15, 0.2) is 10.9 Å². The number of nitrogens with zero attached hydrogens (tertiary/aromatic N) is 2. The van der Waals surface area contributed by atoms with Crippen molar-refractivity contribution < 1.29 is 9.90 Å². The van der Waals surface area contributed by atoms with E-state index in [4.69, 9.17) is 5.11 Å². The van der Waals surface area contributed by atoms with E-state index in [0.717, 1.165) is 11.3 Å². The third-order valence-corrected chi connectivity index (χ3v) is 2.80. The highest BCUT2D eigenvalue weighted by atomic mass is 16.4. The summed E-state index contributed by atoms with van der Waals surface area (Å²) < 4.78 is 1.29. The van der Waals surface area contributed by atoms with Crippen LogP contribution < -0.4 is 5.56 Å². The van der Waals surface area contributed by atoms with Crippen molar-refractivity contribution >= 4 is 5.97 Å². The smallest absolute Gasteiger partial charge is 0.306 e. The zero-order valence-corrected chi connectivity index (χ0v) is 8.43. The normalized spacial score (nSPS) is 19.7. The van der Waals surface area contributed by atoms with E-state index in [9.17, 15) is 9.59 Å². The molecule has 1 N–H and O–H groups in total. The third-order valence-electron chi connectivity index (χ3n) is 2.80. The van der Waals surface area contributed by atoms with E-state index in [1.54, 1.807) is 7.05 Å². The molecule has 1 aliphatic rings. The van der Waals surface area contributed by atoms with Crippen molar-refractivity contribution in [3.63, 3.8) is 0 Å². The Morgan fingerprint density at radius 2 is 2.40 bits per heavy atom. The Bertz CT molecular complexity index is 464. The lowest BCUT2D eigenvalue weighted by atomic mass is 9.87. The van der Waals surface area contributed by atoms with Gasteiger partial charge in [-0.15, -0.1) is 0 Å². The van der Waals surface area contributed by atoms with Gasteiger partial charge in [0, 0.05) is 13.1 Å². The fraction of sp³-hybridized carbons (Fsp3) is 0.500. The Balaban J connectivity index is 2.38. The summed E-state index contributed by atoms with van der Waals surface area (Å²) in [6.45, 7) is 0. The molecule has 5 heteroatoms. The molecule has 0 aliphatic heterocycles. The topological polar surface area (TPSA) is 72.2 Å². The van der Waals surface area contributed by atoms with Crippen molar-refractivity contribution in [2.75, 3.05) is 0 Å². The Hall–Kier alpha value is -1.65. The molecule has 1 atom stereocenters. The summed E-state index contributed by atoms with van der Waals surface area (Å²) in [4.78, 5) is 22.1. The Morgan fingerprint density at radius 1 is 1.67 bits per heavy atom. The molecule has 0 bridgehead atoms. The van der Waals surface area contributed by atoms with Crippen molar-refractivity contribution in [3.05, 3.63) is 27.7 Å². The predicted molar refractivity (Wildman–Crippen MR) is 52.6 cm³/mol. The van der Waals surface area contributed by atoms with Crippen molar-refractivity contribution in [3.8, 4) is 0 Å². The van der Waals surface area contributed by atoms with Crippen molar-refractivity contribution in [2.24, 2.45) is 13.0 Å². The van der Waals surface area contributed by atoms with Gasteiger partial charge in [-0.25, -0.2) is 4.68 Å². The molecule has 5 nitrogen and oxygen atoms in total. The summed E-state index contributed by atoms with van der Waals surface area (Å²) in [5, 5.41) is 13.0. The van der Waals surface area contributed by atoms with Crippen LogP contribution in [0.3, 0.4) is 0 Å². The first kappa shape index (κ1) is 9.89. The number of carboxylic acids is 1. The zero-order valence-electron chi connectivity index (χ0n) is 8.43. The van der Waals surface area contributed by atoms with Crippen molar-refractivity contribution in [1.29, 1.82) is 0 Å². The molecule has 0 radical (unpaired) electrons. The van der Waals surface area contributed by atoms with Gasteiger partial charge >= 0.3 is 5.97 Å².